The van der Waals surface area contributed by atoms with Crippen LogP contribution in [0.4, 0.5) is 4.39 Å². The Morgan fingerprint density at radius 3 is 2.95 bits per heavy atom. The van der Waals surface area contributed by atoms with E-state index in [2.05, 4.69) is 23.0 Å². The summed E-state index contributed by atoms with van der Waals surface area (Å²) in [6.07, 6.45) is 2.44. The maximum Gasteiger partial charge on any atom is 0.254 e. The van der Waals surface area contributed by atoms with E-state index in [9.17, 15) is 9.18 Å². The summed E-state index contributed by atoms with van der Waals surface area (Å²) >= 11 is 4.09. The molecule has 0 aliphatic rings. The molecule has 6 heteroatoms. The molecule has 0 unspecified atom stereocenters. The van der Waals surface area contributed by atoms with E-state index < -0.39 is 11.7 Å². The maximum absolute atomic E-state index is 13.5. The Balaban J connectivity index is 1.92. The second-order valence-electron chi connectivity index (χ2n) is 4.15. The Hall–Kier alpha value is -1.82. The van der Waals surface area contributed by atoms with Crippen LogP contribution in [0, 0.1) is 5.82 Å². The van der Waals surface area contributed by atoms with Gasteiger partial charge in [-0.3, -0.25) is 9.48 Å². The van der Waals surface area contributed by atoms with Crippen LogP contribution >= 0.6 is 12.6 Å². The first-order chi connectivity index (χ1) is 9.06. The molecular weight excluding hydrogens is 265 g/mol. The average molecular weight is 279 g/mol. The van der Waals surface area contributed by atoms with Crippen LogP contribution in [0.1, 0.15) is 16.1 Å². The highest BCUT2D eigenvalue weighted by atomic mass is 32.1. The first-order valence-corrected chi connectivity index (χ1v) is 6.26. The summed E-state index contributed by atoms with van der Waals surface area (Å²) in [6, 6.07) is 6.02. The summed E-state index contributed by atoms with van der Waals surface area (Å²) in [6.45, 7) is 0.409. The highest BCUT2D eigenvalue weighted by molar-refractivity contribution is 7.80. The zero-order valence-electron chi connectivity index (χ0n) is 10.4. The molecule has 2 aromatic rings. The van der Waals surface area contributed by atoms with Gasteiger partial charge in [-0.05, 0) is 24.3 Å². The number of amides is 1. The van der Waals surface area contributed by atoms with Gasteiger partial charge >= 0.3 is 0 Å². The van der Waals surface area contributed by atoms with E-state index in [4.69, 9.17) is 0 Å². The molecule has 1 aromatic heterocycles. The minimum atomic E-state index is -0.548. The molecule has 1 N–H and O–H groups in total. The monoisotopic (exact) mass is 279 g/mol. The van der Waals surface area contributed by atoms with E-state index in [1.807, 2.05) is 19.3 Å². The minimum Gasteiger partial charge on any atom is -0.352 e. The number of rotatable bonds is 4. The Morgan fingerprint density at radius 1 is 1.47 bits per heavy atom. The highest BCUT2D eigenvalue weighted by Gasteiger charge is 2.11. The van der Waals surface area contributed by atoms with Crippen LogP contribution in [-0.4, -0.2) is 22.2 Å². The van der Waals surface area contributed by atoms with E-state index in [-0.39, 0.29) is 5.56 Å². The molecule has 19 heavy (non-hydrogen) atoms. The van der Waals surface area contributed by atoms with Crippen LogP contribution in [-0.2, 0) is 13.5 Å². The van der Waals surface area contributed by atoms with Crippen LogP contribution in [0.25, 0.3) is 0 Å². The predicted molar refractivity (Wildman–Crippen MR) is 72.9 cm³/mol. The standard InChI is InChI=1S/C13H14FN3OS/c1-17-7-5-9(16-17)4-6-15-13(18)11-8-10(19)2-3-12(11)14/h2-3,5,7-8,19H,4,6H2,1H3,(H,15,18). The van der Waals surface area contributed by atoms with E-state index in [1.165, 1.54) is 18.2 Å². The highest BCUT2D eigenvalue weighted by Crippen LogP contribution is 2.13. The lowest BCUT2D eigenvalue weighted by molar-refractivity contribution is 0.0950. The van der Waals surface area contributed by atoms with Crippen LogP contribution < -0.4 is 5.32 Å². The van der Waals surface area contributed by atoms with Crippen molar-refractivity contribution in [2.75, 3.05) is 6.54 Å². The first kappa shape index (κ1) is 13.6. The predicted octanol–water partition coefficient (Wildman–Crippen LogP) is 1.82. The fourth-order valence-corrected chi connectivity index (χ4v) is 1.89. The van der Waals surface area contributed by atoms with E-state index in [0.717, 1.165) is 5.69 Å². The van der Waals surface area contributed by atoms with E-state index in [0.29, 0.717) is 17.9 Å². The lowest BCUT2D eigenvalue weighted by atomic mass is 10.2. The molecule has 0 aliphatic heterocycles. The fourth-order valence-electron chi connectivity index (χ4n) is 1.68. The maximum atomic E-state index is 13.5. The molecule has 0 radical (unpaired) electrons. The normalized spacial score (nSPS) is 10.5. The molecule has 0 atom stereocenters. The third-order valence-electron chi connectivity index (χ3n) is 2.63. The van der Waals surface area contributed by atoms with Crippen LogP contribution in [0.2, 0.25) is 0 Å². The number of benzene rings is 1. The molecule has 0 bridgehead atoms. The summed E-state index contributed by atoms with van der Waals surface area (Å²) in [5.41, 5.74) is 0.889. The number of nitrogens with zero attached hydrogens (tertiary/aromatic N) is 2. The summed E-state index contributed by atoms with van der Waals surface area (Å²) in [7, 11) is 1.83. The van der Waals surface area contributed by atoms with Gasteiger partial charge in [0.1, 0.15) is 5.82 Å². The van der Waals surface area contributed by atoms with Crippen molar-refractivity contribution >= 4 is 18.5 Å². The minimum absolute atomic E-state index is 0.00789. The van der Waals surface area contributed by atoms with Gasteiger partial charge in [-0.2, -0.15) is 5.10 Å². The van der Waals surface area contributed by atoms with Gasteiger partial charge < -0.3 is 5.32 Å². The van der Waals surface area contributed by atoms with Gasteiger partial charge in [0.2, 0.25) is 0 Å². The van der Waals surface area contributed by atoms with Gasteiger partial charge in [-0.1, -0.05) is 0 Å². The van der Waals surface area contributed by atoms with Crippen molar-refractivity contribution in [1.82, 2.24) is 15.1 Å². The summed E-state index contributed by atoms with van der Waals surface area (Å²) in [5, 5.41) is 6.85. The lowest BCUT2D eigenvalue weighted by Crippen LogP contribution is -2.26. The van der Waals surface area contributed by atoms with E-state index in [1.54, 1.807) is 4.68 Å². The molecule has 2 rings (SSSR count). The van der Waals surface area contributed by atoms with Gasteiger partial charge in [0.25, 0.3) is 5.91 Å². The summed E-state index contributed by atoms with van der Waals surface area (Å²) in [5.74, 6) is -0.988. The molecule has 100 valence electrons. The molecule has 1 heterocycles. The number of thiol groups is 1. The lowest BCUT2D eigenvalue weighted by Gasteiger charge is -2.05. The van der Waals surface area contributed by atoms with Crippen LogP contribution in [0.3, 0.4) is 0 Å². The van der Waals surface area contributed by atoms with Gasteiger partial charge in [0.05, 0.1) is 11.3 Å². The SMILES string of the molecule is Cn1ccc(CCNC(=O)c2cc(S)ccc2F)n1. The van der Waals surface area contributed by atoms with Crippen molar-refractivity contribution in [2.45, 2.75) is 11.3 Å². The zero-order chi connectivity index (χ0) is 13.8. The van der Waals surface area contributed by atoms with Gasteiger partial charge in [-0.25, -0.2) is 4.39 Å². The molecule has 0 spiro atoms. The van der Waals surface area contributed by atoms with Gasteiger partial charge in [0.15, 0.2) is 0 Å². The summed E-state index contributed by atoms with van der Waals surface area (Å²) < 4.78 is 15.2. The van der Waals surface area contributed by atoms with Crippen molar-refractivity contribution in [2.24, 2.45) is 7.05 Å². The fraction of sp³-hybridized carbons (Fsp3) is 0.231. The number of carbonyl (C=O) groups is 1. The number of nitrogens with one attached hydrogen (secondary N) is 1. The van der Waals surface area contributed by atoms with Crippen LogP contribution in [0.15, 0.2) is 35.4 Å². The molecular formula is C13H14FN3OS. The second-order valence-corrected chi connectivity index (χ2v) is 4.67. The molecule has 0 fully saturated rings. The summed E-state index contributed by atoms with van der Waals surface area (Å²) in [4.78, 5) is 12.4. The second kappa shape index (κ2) is 5.88. The smallest absolute Gasteiger partial charge is 0.254 e. The first-order valence-electron chi connectivity index (χ1n) is 5.81. The molecule has 1 amide bonds. The molecule has 1 aromatic carbocycles. The zero-order valence-corrected chi connectivity index (χ0v) is 11.3. The molecule has 0 saturated carbocycles. The third kappa shape index (κ3) is 3.57. The van der Waals surface area contributed by atoms with Crippen molar-refractivity contribution in [1.29, 1.82) is 0 Å². The van der Waals surface area contributed by atoms with Crippen molar-refractivity contribution in [3.8, 4) is 0 Å². The average Bonchev–Trinajstić information content (AvgIpc) is 2.78. The van der Waals surface area contributed by atoms with Crippen LogP contribution in [0.5, 0.6) is 0 Å². The number of aryl methyl sites for hydroxylation is 1. The number of hydrogen-bond acceptors (Lipinski definition) is 3. The van der Waals surface area contributed by atoms with E-state index >= 15 is 0 Å². The van der Waals surface area contributed by atoms with Gasteiger partial charge in [-0.15, -0.1) is 12.6 Å². The molecule has 0 aliphatic carbocycles. The van der Waals surface area contributed by atoms with Crippen molar-refractivity contribution in [3.63, 3.8) is 0 Å². The van der Waals surface area contributed by atoms with Crippen molar-refractivity contribution < 1.29 is 9.18 Å². The third-order valence-corrected chi connectivity index (χ3v) is 2.91. The molecule has 0 saturated heterocycles. The Bertz CT molecular complexity index is 597. The topological polar surface area (TPSA) is 46.9 Å². The number of halogens is 1. The number of hydrogen-bond donors (Lipinski definition) is 2. The number of carbonyl (C=O) groups excluding carboxylic acids is 1. The number of aromatic nitrogens is 2. The van der Waals surface area contributed by atoms with Crippen molar-refractivity contribution in [3.05, 3.63) is 47.5 Å². The Kier molecular flexibility index (Phi) is 4.21. The Labute approximate surface area is 116 Å². The largest absolute Gasteiger partial charge is 0.352 e. The molecule has 4 nitrogen and oxygen atoms in total. The van der Waals surface area contributed by atoms with Gasteiger partial charge in [0, 0.05) is 31.1 Å². The quantitative estimate of drug-likeness (QED) is 0.839. The Morgan fingerprint density at radius 2 is 2.26 bits per heavy atom.